The van der Waals surface area contributed by atoms with E-state index in [9.17, 15) is 0 Å². The second-order valence-corrected chi connectivity index (χ2v) is 1.42. The zero-order valence-electron chi connectivity index (χ0n) is 3.98. The molecule has 0 bridgehead atoms. The predicted octanol–water partition coefficient (Wildman–Crippen LogP) is -1.20. The van der Waals surface area contributed by atoms with Gasteiger partial charge in [-0.1, -0.05) is 0 Å². The molecular formula is C4H7N2O. The van der Waals surface area contributed by atoms with Crippen molar-refractivity contribution in [1.82, 2.24) is 10.7 Å². The van der Waals surface area contributed by atoms with E-state index in [2.05, 4.69) is 10.1 Å². The fourth-order valence-electron chi connectivity index (χ4n) is 0.487. The summed E-state index contributed by atoms with van der Waals surface area (Å²) < 4.78 is 4.69. The Bertz CT molecular complexity index is 73.8. The summed E-state index contributed by atoms with van der Waals surface area (Å²) in [6.45, 7) is 1.91. The van der Waals surface area contributed by atoms with E-state index in [1.807, 2.05) is 0 Å². The molecular weight excluding hydrogens is 92.1 g/mol. The molecule has 0 amide bonds. The van der Waals surface area contributed by atoms with Gasteiger partial charge in [0.05, 0.1) is 6.54 Å². The molecule has 1 radical (unpaired) electrons. The lowest BCUT2D eigenvalue weighted by Gasteiger charge is -2.12. The van der Waals surface area contributed by atoms with Crippen molar-refractivity contribution in [3.05, 3.63) is 0 Å². The van der Waals surface area contributed by atoms with Crippen LogP contribution in [0.3, 0.4) is 0 Å². The van der Waals surface area contributed by atoms with Crippen molar-refractivity contribution in [1.29, 1.82) is 0 Å². The number of hydrogen-bond donors (Lipinski definition) is 1. The molecule has 0 saturated carbocycles. The Morgan fingerprint density at radius 3 is 2.86 bits per heavy atom. The minimum atomic E-state index is 0.103. The van der Waals surface area contributed by atoms with Gasteiger partial charge in [0.1, 0.15) is 6.61 Å². The molecule has 0 atom stereocenters. The molecule has 1 fully saturated rings. The van der Waals surface area contributed by atoms with E-state index in [4.69, 9.17) is 5.41 Å². The summed E-state index contributed by atoms with van der Waals surface area (Å²) >= 11 is 0. The minimum Gasteiger partial charge on any atom is -0.477 e. The number of nitrogens with one attached hydrogen (secondary N) is 1. The van der Waals surface area contributed by atoms with Gasteiger partial charge in [-0.2, -0.15) is 0 Å². The summed E-state index contributed by atoms with van der Waals surface area (Å²) in [5.74, 6) is 0.103. The first-order chi connectivity index (χ1) is 3.39. The van der Waals surface area contributed by atoms with Crippen LogP contribution in [0, 0.1) is 0 Å². The first-order valence-corrected chi connectivity index (χ1v) is 2.28. The van der Waals surface area contributed by atoms with Gasteiger partial charge >= 0.3 is 0 Å². The average Bonchev–Trinajstić information content (AvgIpc) is 1.69. The van der Waals surface area contributed by atoms with Crippen LogP contribution in [0.15, 0.2) is 0 Å². The molecule has 0 aromatic heterocycles. The molecule has 1 saturated heterocycles. The van der Waals surface area contributed by atoms with Crippen LogP contribution < -0.4 is 10.7 Å². The molecule has 3 heteroatoms. The highest BCUT2D eigenvalue weighted by Crippen LogP contribution is 1.79. The van der Waals surface area contributed by atoms with E-state index >= 15 is 0 Å². The Balaban J connectivity index is 2.25. The molecule has 39 valence electrons. The van der Waals surface area contributed by atoms with Crippen molar-refractivity contribution >= 4 is 5.90 Å². The predicted molar refractivity (Wildman–Crippen MR) is 26.0 cm³/mol. The largest absolute Gasteiger partial charge is 0.477 e. The molecule has 1 rings (SSSR count). The van der Waals surface area contributed by atoms with Crippen LogP contribution in [0.25, 0.3) is 0 Å². The molecule has 1 N–H and O–H groups in total. The summed E-state index contributed by atoms with van der Waals surface area (Å²) in [6.07, 6.45) is 0. The maximum atomic E-state index is 8.54. The van der Waals surface area contributed by atoms with Gasteiger partial charge in [0.2, 0.25) is 5.90 Å². The van der Waals surface area contributed by atoms with E-state index in [0.29, 0.717) is 13.2 Å². The van der Waals surface area contributed by atoms with Crippen LogP contribution in [0.1, 0.15) is 0 Å². The molecule has 0 aromatic carbocycles. The number of hydrogen-bond acceptors (Lipinski definition) is 2. The first-order valence-electron chi connectivity index (χ1n) is 2.28. The van der Waals surface area contributed by atoms with Gasteiger partial charge in [0.15, 0.2) is 0 Å². The highest BCUT2D eigenvalue weighted by atomic mass is 16.5. The molecule has 0 spiro atoms. The van der Waals surface area contributed by atoms with Crippen LogP contribution in [0.2, 0.25) is 0 Å². The van der Waals surface area contributed by atoms with Crippen molar-refractivity contribution in [3.8, 4) is 0 Å². The highest BCUT2D eigenvalue weighted by Gasteiger charge is 2.02. The third-order valence-corrected chi connectivity index (χ3v) is 0.824. The third-order valence-electron chi connectivity index (χ3n) is 0.824. The topological polar surface area (TPSA) is 43.6 Å². The molecule has 0 unspecified atom stereocenters. The summed E-state index contributed by atoms with van der Waals surface area (Å²) in [7, 11) is 0. The van der Waals surface area contributed by atoms with Crippen LogP contribution >= 0.6 is 0 Å². The van der Waals surface area contributed by atoms with Gasteiger partial charge in [-0.3, -0.25) is 0 Å². The third kappa shape index (κ3) is 1.16. The SMILES string of the molecule is [N]=C1CNCCO1. The van der Waals surface area contributed by atoms with Crippen molar-refractivity contribution in [2.24, 2.45) is 0 Å². The Morgan fingerprint density at radius 2 is 2.57 bits per heavy atom. The van der Waals surface area contributed by atoms with E-state index in [-0.39, 0.29) is 5.90 Å². The Labute approximate surface area is 42.2 Å². The Kier molecular flexibility index (Phi) is 1.26. The lowest BCUT2D eigenvalue weighted by atomic mass is 10.5. The van der Waals surface area contributed by atoms with E-state index in [1.165, 1.54) is 0 Å². The van der Waals surface area contributed by atoms with E-state index in [1.54, 1.807) is 0 Å². The number of morpholine rings is 1. The van der Waals surface area contributed by atoms with E-state index in [0.717, 1.165) is 6.54 Å². The van der Waals surface area contributed by atoms with Gasteiger partial charge in [-0.25, -0.2) is 0 Å². The maximum Gasteiger partial charge on any atom is 0.222 e. The second kappa shape index (κ2) is 1.93. The molecule has 0 aromatic rings. The monoisotopic (exact) mass is 99.1 g/mol. The normalized spacial score (nSPS) is 21.4. The molecule has 1 aliphatic heterocycles. The first kappa shape index (κ1) is 4.59. The maximum absolute atomic E-state index is 8.54. The Hall–Kier alpha value is -0.570. The van der Waals surface area contributed by atoms with Crippen LogP contribution in [0.4, 0.5) is 0 Å². The quantitative estimate of drug-likeness (QED) is 0.414. The van der Waals surface area contributed by atoms with Crippen molar-refractivity contribution in [3.63, 3.8) is 0 Å². The highest BCUT2D eigenvalue weighted by molar-refractivity contribution is 5.76. The van der Waals surface area contributed by atoms with Crippen LogP contribution in [0.5, 0.6) is 0 Å². The summed E-state index contributed by atoms with van der Waals surface area (Å²) in [6, 6.07) is 0. The van der Waals surface area contributed by atoms with Gasteiger partial charge in [-0.15, -0.1) is 5.41 Å². The fraction of sp³-hybridized carbons (Fsp3) is 0.750. The number of ether oxygens (including phenoxy) is 1. The van der Waals surface area contributed by atoms with Crippen molar-refractivity contribution in [2.45, 2.75) is 0 Å². The standard InChI is InChI=1S/C4H7N2O/c5-4-3-6-1-2-7-4/h6H,1-3H2. The lowest BCUT2D eigenvalue weighted by molar-refractivity contribution is 0.271. The zero-order chi connectivity index (χ0) is 5.11. The molecule has 3 nitrogen and oxygen atoms in total. The zero-order valence-corrected chi connectivity index (χ0v) is 3.98. The molecule has 7 heavy (non-hydrogen) atoms. The fourth-order valence-corrected chi connectivity index (χ4v) is 0.487. The van der Waals surface area contributed by atoms with Gasteiger partial charge < -0.3 is 10.1 Å². The van der Waals surface area contributed by atoms with Gasteiger partial charge in [-0.05, 0) is 0 Å². The van der Waals surface area contributed by atoms with E-state index < -0.39 is 0 Å². The molecule has 0 aliphatic carbocycles. The molecule has 1 aliphatic rings. The summed E-state index contributed by atoms with van der Waals surface area (Å²) in [5.41, 5.74) is 0. The molecule has 1 heterocycles. The number of rotatable bonds is 0. The van der Waals surface area contributed by atoms with Crippen LogP contribution in [-0.4, -0.2) is 25.6 Å². The number of nitrogens with zero attached hydrogens (tertiary/aromatic N) is 1. The van der Waals surface area contributed by atoms with Crippen molar-refractivity contribution in [2.75, 3.05) is 19.7 Å². The minimum absolute atomic E-state index is 0.103. The summed E-state index contributed by atoms with van der Waals surface area (Å²) in [4.78, 5) is 0. The second-order valence-electron chi connectivity index (χ2n) is 1.42. The van der Waals surface area contributed by atoms with Crippen molar-refractivity contribution < 1.29 is 4.74 Å². The average molecular weight is 99.1 g/mol. The van der Waals surface area contributed by atoms with Crippen LogP contribution in [-0.2, 0) is 4.74 Å². The van der Waals surface area contributed by atoms with Gasteiger partial charge in [0.25, 0.3) is 0 Å². The smallest absolute Gasteiger partial charge is 0.222 e. The van der Waals surface area contributed by atoms with Gasteiger partial charge in [0, 0.05) is 6.54 Å². The summed E-state index contributed by atoms with van der Waals surface area (Å²) in [5, 5.41) is 11.5. The Morgan fingerprint density at radius 1 is 1.71 bits per heavy atom. The lowest BCUT2D eigenvalue weighted by Crippen LogP contribution is -2.35.